The molecule has 1 amide bonds. The van der Waals surface area contributed by atoms with Crippen LogP contribution in [0.15, 0.2) is 51.7 Å². The first-order valence-electron chi connectivity index (χ1n) is 8.03. The highest BCUT2D eigenvalue weighted by atomic mass is 16.6. The lowest BCUT2D eigenvalue weighted by Gasteiger charge is -2.08. The summed E-state index contributed by atoms with van der Waals surface area (Å²) in [4.78, 5) is 34.6. The normalized spacial score (nSPS) is 11.0. The number of hydrogen-bond acceptors (Lipinski definition) is 5. The summed E-state index contributed by atoms with van der Waals surface area (Å²) in [5.41, 5.74) is 1.96. The van der Waals surface area contributed by atoms with Gasteiger partial charge in [-0.25, -0.2) is 4.79 Å². The second kappa shape index (κ2) is 6.83. The van der Waals surface area contributed by atoms with Crippen LogP contribution in [0.5, 0.6) is 0 Å². The van der Waals surface area contributed by atoms with E-state index in [0.29, 0.717) is 11.6 Å². The smallest absolute Gasteiger partial charge is 0.408 e. The zero-order chi connectivity index (χ0) is 18.8. The van der Waals surface area contributed by atoms with E-state index in [-0.39, 0.29) is 23.3 Å². The van der Waals surface area contributed by atoms with Crippen LogP contribution in [0.2, 0.25) is 0 Å². The minimum atomic E-state index is -0.745. The quantitative estimate of drug-likeness (QED) is 0.558. The van der Waals surface area contributed by atoms with Gasteiger partial charge < -0.3 is 9.73 Å². The number of non-ortho nitro benzene ring substituents is 1. The van der Waals surface area contributed by atoms with Crippen molar-refractivity contribution in [2.75, 3.05) is 5.32 Å². The number of nitro groups is 1. The van der Waals surface area contributed by atoms with Crippen LogP contribution in [0, 0.1) is 10.1 Å². The molecule has 2 aromatic carbocycles. The number of nitrogens with one attached hydrogen (secondary N) is 1. The highest BCUT2D eigenvalue weighted by molar-refractivity contribution is 5.91. The van der Waals surface area contributed by atoms with Gasteiger partial charge in [0.1, 0.15) is 6.54 Å². The largest absolute Gasteiger partial charge is 0.420 e. The first-order valence-corrected chi connectivity index (χ1v) is 8.03. The zero-order valence-electron chi connectivity index (χ0n) is 14.3. The monoisotopic (exact) mass is 355 g/mol. The summed E-state index contributed by atoms with van der Waals surface area (Å²) in [5.74, 6) is -0.796. The van der Waals surface area contributed by atoms with Crippen LogP contribution in [-0.2, 0) is 11.3 Å². The van der Waals surface area contributed by atoms with Crippen LogP contribution in [-0.4, -0.2) is 15.4 Å². The molecule has 3 rings (SSSR count). The van der Waals surface area contributed by atoms with Crippen LogP contribution in [0.25, 0.3) is 11.1 Å². The summed E-state index contributed by atoms with van der Waals surface area (Å²) < 4.78 is 6.10. The molecule has 0 unspecified atom stereocenters. The predicted octanol–water partition coefficient (Wildman–Crippen LogP) is 3.26. The van der Waals surface area contributed by atoms with Gasteiger partial charge in [0, 0.05) is 17.8 Å². The second-order valence-electron chi connectivity index (χ2n) is 6.19. The summed E-state index contributed by atoms with van der Waals surface area (Å²) in [7, 11) is 0. The Bertz CT molecular complexity index is 1030. The van der Waals surface area contributed by atoms with Crippen molar-refractivity contribution in [1.29, 1.82) is 0 Å². The van der Waals surface area contributed by atoms with Crippen LogP contribution in [0.1, 0.15) is 25.3 Å². The molecule has 0 aliphatic carbocycles. The molecule has 0 aliphatic heterocycles. The molecule has 0 atom stereocenters. The molecule has 134 valence electrons. The van der Waals surface area contributed by atoms with Crippen LogP contribution in [0.3, 0.4) is 0 Å². The molecule has 0 saturated heterocycles. The Labute approximate surface area is 148 Å². The van der Waals surface area contributed by atoms with Crippen LogP contribution >= 0.6 is 0 Å². The Balaban J connectivity index is 1.82. The van der Waals surface area contributed by atoms with Gasteiger partial charge in [0.05, 0.1) is 10.4 Å². The van der Waals surface area contributed by atoms with Crippen molar-refractivity contribution in [3.05, 3.63) is 68.7 Å². The lowest BCUT2D eigenvalue weighted by atomic mass is 10.0. The van der Waals surface area contributed by atoms with E-state index in [1.54, 1.807) is 12.1 Å². The van der Waals surface area contributed by atoms with Crippen molar-refractivity contribution in [3.8, 4) is 0 Å². The van der Waals surface area contributed by atoms with Crippen molar-refractivity contribution < 1.29 is 14.1 Å². The van der Waals surface area contributed by atoms with Crippen LogP contribution < -0.4 is 11.1 Å². The van der Waals surface area contributed by atoms with Gasteiger partial charge in [-0.2, -0.15) is 0 Å². The lowest BCUT2D eigenvalue weighted by Crippen LogP contribution is -2.24. The summed E-state index contributed by atoms with van der Waals surface area (Å²) in [6.07, 6.45) is 0. The number of fused-ring (bicyclic) bond motifs is 1. The number of benzene rings is 2. The fourth-order valence-electron chi connectivity index (χ4n) is 2.61. The Morgan fingerprint density at radius 3 is 2.54 bits per heavy atom. The van der Waals surface area contributed by atoms with E-state index in [0.717, 1.165) is 10.1 Å². The van der Waals surface area contributed by atoms with Crippen molar-refractivity contribution in [1.82, 2.24) is 4.57 Å². The first-order chi connectivity index (χ1) is 12.3. The Hall–Kier alpha value is -3.42. The molecule has 0 aliphatic rings. The maximum absolute atomic E-state index is 12.3. The van der Waals surface area contributed by atoms with Crippen LogP contribution in [0.4, 0.5) is 11.4 Å². The third-order valence-electron chi connectivity index (χ3n) is 4.02. The molecule has 0 spiro atoms. The molecule has 0 radical (unpaired) electrons. The predicted molar refractivity (Wildman–Crippen MR) is 96.3 cm³/mol. The van der Waals surface area contributed by atoms with E-state index >= 15 is 0 Å². The Kier molecular flexibility index (Phi) is 4.57. The van der Waals surface area contributed by atoms with Gasteiger partial charge in [-0.05, 0) is 29.7 Å². The van der Waals surface area contributed by atoms with Crippen molar-refractivity contribution in [2.45, 2.75) is 26.3 Å². The highest BCUT2D eigenvalue weighted by Crippen LogP contribution is 2.20. The fourth-order valence-corrected chi connectivity index (χ4v) is 2.61. The second-order valence-corrected chi connectivity index (χ2v) is 6.19. The zero-order valence-corrected chi connectivity index (χ0v) is 14.3. The molecule has 0 bridgehead atoms. The van der Waals surface area contributed by atoms with E-state index in [9.17, 15) is 19.7 Å². The molecule has 0 fully saturated rings. The van der Waals surface area contributed by atoms with Gasteiger partial charge in [0.25, 0.3) is 5.69 Å². The molecule has 8 heteroatoms. The number of anilines is 1. The number of amides is 1. The fraction of sp³-hybridized carbons (Fsp3) is 0.222. The average molecular weight is 355 g/mol. The molecule has 0 saturated carbocycles. The molecule has 8 nitrogen and oxygen atoms in total. The van der Waals surface area contributed by atoms with Crippen molar-refractivity contribution in [3.63, 3.8) is 0 Å². The highest BCUT2D eigenvalue weighted by Gasteiger charge is 2.16. The molecule has 1 aromatic heterocycles. The third kappa shape index (κ3) is 3.49. The van der Waals surface area contributed by atoms with E-state index in [1.165, 1.54) is 18.2 Å². The maximum Gasteiger partial charge on any atom is 0.420 e. The third-order valence-corrected chi connectivity index (χ3v) is 4.02. The number of nitrogens with zero attached hydrogens (tertiary/aromatic N) is 2. The minimum Gasteiger partial charge on any atom is -0.408 e. The van der Waals surface area contributed by atoms with Crippen molar-refractivity contribution >= 4 is 28.4 Å². The van der Waals surface area contributed by atoms with Crippen molar-refractivity contribution in [2.24, 2.45) is 0 Å². The maximum atomic E-state index is 12.3. The first kappa shape index (κ1) is 17.4. The SMILES string of the molecule is CC(C)c1ccc(NC(=O)Cn2c(=O)oc3ccc([N+](=O)[O-])cc32)cc1. The van der Waals surface area contributed by atoms with Gasteiger partial charge >= 0.3 is 5.76 Å². The Morgan fingerprint density at radius 2 is 1.92 bits per heavy atom. The number of nitro benzene ring substituents is 1. The van der Waals surface area contributed by atoms with E-state index in [4.69, 9.17) is 4.42 Å². The summed E-state index contributed by atoms with van der Waals surface area (Å²) in [6, 6.07) is 11.2. The number of oxazole rings is 1. The molecule has 26 heavy (non-hydrogen) atoms. The summed E-state index contributed by atoms with van der Waals surface area (Å²) >= 11 is 0. The molecular weight excluding hydrogens is 338 g/mol. The standard InChI is InChI=1S/C18H17N3O5/c1-11(2)12-3-5-13(6-4-12)19-17(22)10-20-15-9-14(21(24)25)7-8-16(15)26-18(20)23/h3-9,11H,10H2,1-2H3,(H,19,22). The number of hydrogen-bond donors (Lipinski definition) is 1. The molecular formula is C18H17N3O5. The topological polar surface area (TPSA) is 107 Å². The van der Waals surface area contributed by atoms with Gasteiger partial charge in [-0.3, -0.25) is 19.5 Å². The molecule has 1 N–H and O–H groups in total. The van der Waals surface area contributed by atoms with Gasteiger partial charge in [0.2, 0.25) is 5.91 Å². The van der Waals surface area contributed by atoms with Gasteiger partial charge in [0.15, 0.2) is 5.58 Å². The number of rotatable bonds is 5. The Morgan fingerprint density at radius 1 is 1.23 bits per heavy atom. The minimum absolute atomic E-state index is 0.184. The average Bonchev–Trinajstić information content (AvgIpc) is 2.90. The van der Waals surface area contributed by atoms with Gasteiger partial charge in [-0.1, -0.05) is 26.0 Å². The number of aromatic nitrogens is 1. The number of carbonyl (C=O) groups excluding carboxylic acids is 1. The van der Waals surface area contributed by atoms with E-state index in [2.05, 4.69) is 19.2 Å². The molecule has 3 aromatic rings. The van der Waals surface area contributed by atoms with Gasteiger partial charge in [-0.15, -0.1) is 0 Å². The molecule has 1 heterocycles. The summed E-state index contributed by atoms with van der Waals surface area (Å²) in [5, 5.41) is 13.6. The summed E-state index contributed by atoms with van der Waals surface area (Å²) in [6.45, 7) is 3.84. The van der Waals surface area contributed by atoms with E-state index < -0.39 is 16.6 Å². The van der Waals surface area contributed by atoms with E-state index in [1.807, 2.05) is 12.1 Å². The lowest BCUT2D eigenvalue weighted by molar-refractivity contribution is -0.384. The number of carbonyl (C=O) groups is 1.